The molecule has 7 heteroatoms. The highest BCUT2D eigenvalue weighted by atomic mass is 32.1. The Labute approximate surface area is 165 Å². The Morgan fingerprint density at radius 3 is 2.32 bits per heavy atom. The first-order chi connectivity index (χ1) is 13.6. The summed E-state index contributed by atoms with van der Waals surface area (Å²) in [4.78, 5) is 13.1. The van der Waals surface area contributed by atoms with E-state index in [9.17, 15) is 15.3 Å². The Morgan fingerprint density at radius 1 is 1.04 bits per heavy atom. The number of thiazole rings is 1. The molecule has 0 radical (unpaired) electrons. The maximum absolute atomic E-state index is 13.1. The molecule has 0 saturated heterocycles. The van der Waals surface area contributed by atoms with Gasteiger partial charge in [-0.25, -0.2) is 0 Å². The molecule has 0 spiro atoms. The first-order valence-corrected chi connectivity index (χ1v) is 9.00. The lowest BCUT2D eigenvalue weighted by Gasteiger charge is -2.07. The van der Waals surface area contributed by atoms with Crippen LogP contribution in [0.25, 0.3) is 17.3 Å². The molecule has 138 valence electrons. The monoisotopic (exact) mass is 389 g/mol. The fourth-order valence-electron chi connectivity index (χ4n) is 2.68. The summed E-state index contributed by atoms with van der Waals surface area (Å²) in [6.07, 6.45) is 1.70. The summed E-state index contributed by atoms with van der Waals surface area (Å²) in [5, 5.41) is 18.6. The van der Waals surface area contributed by atoms with Gasteiger partial charge in [0.1, 0.15) is 16.8 Å². The normalized spacial score (nSPS) is 10.8. The zero-order valence-corrected chi connectivity index (χ0v) is 16.0. The zero-order chi connectivity index (χ0) is 20.1. The molecule has 1 aromatic heterocycles. The number of aromatic nitrogens is 1. The second kappa shape index (κ2) is 8.26. The smallest absolute Gasteiger partial charge is 0.273 e. The van der Waals surface area contributed by atoms with Gasteiger partial charge in [-0.2, -0.15) is 10.5 Å². The van der Waals surface area contributed by atoms with Crippen molar-refractivity contribution in [2.75, 3.05) is 14.2 Å². The first kappa shape index (κ1) is 19.0. The standard InChI is InChI=1S/C21H15N3O3S/c1-26-17-9-8-14(10-18(17)27-2)11-19-20(25)24(16-6-4-3-5-7-16)21(28-19)15(12-22)13-23/h3-11H,1-2H3/b19-11-. The lowest BCUT2D eigenvalue weighted by molar-refractivity contribution is 0.355. The second-order valence-electron chi connectivity index (χ2n) is 5.60. The molecule has 0 amide bonds. The fraction of sp³-hybridized carbons (Fsp3) is 0.0952. The molecule has 6 nitrogen and oxygen atoms in total. The minimum absolute atomic E-state index is 0.113. The number of para-hydroxylation sites is 1. The summed E-state index contributed by atoms with van der Waals surface area (Å²) in [6, 6.07) is 18.0. The molecule has 0 aliphatic carbocycles. The van der Waals surface area contributed by atoms with Crippen LogP contribution in [0.5, 0.6) is 11.5 Å². The minimum Gasteiger partial charge on any atom is -0.493 e. The van der Waals surface area contributed by atoms with Crippen LogP contribution in [-0.4, -0.2) is 18.8 Å². The van der Waals surface area contributed by atoms with Crippen molar-refractivity contribution in [1.29, 1.82) is 10.5 Å². The third-order valence-electron chi connectivity index (χ3n) is 3.98. The lowest BCUT2D eigenvalue weighted by atomic mass is 10.2. The lowest BCUT2D eigenvalue weighted by Crippen LogP contribution is -2.30. The number of methoxy groups -OCH3 is 2. The molecular weight excluding hydrogens is 374 g/mol. The number of nitrogens with zero attached hydrogens (tertiary/aromatic N) is 3. The summed E-state index contributed by atoms with van der Waals surface area (Å²) < 4.78 is 12.6. The summed E-state index contributed by atoms with van der Waals surface area (Å²) in [6.45, 7) is 0. The van der Waals surface area contributed by atoms with Crippen molar-refractivity contribution in [2.24, 2.45) is 0 Å². The van der Waals surface area contributed by atoms with Gasteiger partial charge in [-0.3, -0.25) is 9.36 Å². The predicted octanol–water partition coefficient (Wildman–Crippen LogP) is 1.94. The van der Waals surface area contributed by atoms with Crippen molar-refractivity contribution in [3.05, 3.63) is 73.6 Å². The van der Waals surface area contributed by atoms with Crippen LogP contribution < -0.4 is 24.2 Å². The third kappa shape index (κ3) is 3.52. The van der Waals surface area contributed by atoms with Crippen molar-refractivity contribution >= 4 is 23.0 Å². The number of ether oxygens (including phenoxy) is 2. The molecule has 0 saturated carbocycles. The Hall–Kier alpha value is -3.81. The largest absolute Gasteiger partial charge is 0.493 e. The van der Waals surface area contributed by atoms with E-state index in [1.54, 1.807) is 55.7 Å². The predicted molar refractivity (Wildman–Crippen MR) is 107 cm³/mol. The van der Waals surface area contributed by atoms with E-state index in [2.05, 4.69) is 0 Å². The molecule has 0 bridgehead atoms. The molecule has 28 heavy (non-hydrogen) atoms. The SMILES string of the molecule is COc1ccc(/C=c2\sc(=C(C#N)C#N)n(-c3ccccc3)c2=O)cc1OC. The van der Waals surface area contributed by atoms with Crippen LogP contribution >= 0.6 is 11.3 Å². The molecule has 2 aromatic carbocycles. The molecule has 1 heterocycles. The molecule has 0 aliphatic heterocycles. The van der Waals surface area contributed by atoms with E-state index in [4.69, 9.17) is 9.47 Å². The van der Waals surface area contributed by atoms with Gasteiger partial charge in [-0.05, 0) is 35.9 Å². The molecule has 3 rings (SSSR count). The van der Waals surface area contributed by atoms with E-state index in [0.717, 1.165) is 16.9 Å². The van der Waals surface area contributed by atoms with Crippen molar-refractivity contribution in [3.63, 3.8) is 0 Å². The van der Waals surface area contributed by atoms with Gasteiger partial charge in [-0.15, -0.1) is 11.3 Å². The number of hydrogen-bond donors (Lipinski definition) is 0. The molecule has 0 aliphatic rings. The number of nitriles is 2. The van der Waals surface area contributed by atoms with Gasteiger partial charge in [0.05, 0.1) is 24.4 Å². The Balaban J connectivity index is 2.32. The minimum atomic E-state index is -0.302. The van der Waals surface area contributed by atoms with Gasteiger partial charge in [0.25, 0.3) is 5.56 Å². The van der Waals surface area contributed by atoms with Gasteiger partial charge in [0.15, 0.2) is 17.1 Å². The van der Waals surface area contributed by atoms with Crippen molar-refractivity contribution in [1.82, 2.24) is 4.57 Å². The van der Waals surface area contributed by atoms with Gasteiger partial charge >= 0.3 is 0 Å². The quantitative estimate of drug-likeness (QED) is 0.680. The fourth-order valence-corrected chi connectivity index (χ4v) is 3.73. The van der Waals surface area contributed by atoms with Crippen LogP contribution in [0.2, 0.25) is 0 Å². The number of hydrogen-bond acceptors (Lipinski definition) is 6. The van der Waals surface area contributed by atoms with Gasteiger partial charge in [-0.1, -0.05) is 24.3 Å². The highest BCUT2D eigenvalue weighted by Gasteiger charge is 2.11. The van der Waals surface area contributed by atoms with Gasteiger partial charge in [0, 0.05) is 0 Å². The van der Waals surface area contributed by atoms with Crippen molar-refractivity contribution < 1.29 is 9.47 Å². The van der Waals surface area contributed by atoms with Crippen LogP contribution in [0.15, 0.2) is 53.3 Å². The van der Waals surface area contributed by atoms with E-state index in [1.807, 2.05) is 18.2 Å². The van der Waals surface area contributed by atoms with Crippen molar-refractivity contribution in [3.8, 4) is 29.3 Å². The van der Waals surface area contributed by atoms with E-state index < -0.39 is 0 Å². The zero-order valence-electron chi connectivity index (χ0n) is 15.2. The maximum Gasteiger partial charge on any atom is 0.273 e. The summed E-state index contributed by atoms with van der Waals surface area (Å²) in [7, 11) is 3.08. The second-order valence-corrected chi connectivity index (χ2v) is 6.64. The Morgan fingerprint density at radius 2 is 1.71 bits per heavy atom. The van der Waals surface area contributed by atoms with Crippen LogP contribution in [0.3, 0.4) is 0 Å². The first-order valence-electron chi connectivity index (χ1n) is 8.18. The van der Waals surface area contributed by atoms with Crippen LogP contribution in [0.1, 0.15) is 5.56 Å². The van der Waals surface area contributed by atoms with Crippen molar-refractivity contribution in [2.45, 2.75) is 0 Å². The highest BCUT2D eigenvalue weighted by molar-refractivity contribution is 7.07. The molecular formula is C21H15N3O3S. The summed E-state index contributed by atoms with van der Waals surface area (Å²) >= 11 is 1.10. The van der Waals surface area contributed by atoms with E-state index in [-0.39, 0.29) is 11.1 Å². The summed E-state index contributed by atoms with van der Waals surface area (Å²) in [5.74, 6) is 1.12. The van der Waals surface area contributed by atoms with Gasteiger partial charge < -0.3 is 9.47 Å². The molecule has 0 atom stereocenters. The van der Waals surface area contributed by atoms with E-state index >= 15 is 0 Å². The molecule has 0 fully saturated rings. The summed E-state index contributed by atoms with van der Waals surface area (Å²) in [5.41, 5.74) is 0.911. The molecule has 3 aromatic rings. The highest BCUT2D eigenvalue weighted by Crippen LogP contribution is 2.27. The van der Waals surface area contributed by atoms with Gasteiger partial charge in [0.2, 0.25) is 0 Å². The Bertz CT molecular complexity index is 1260. The van der Waals surface area contributed by atoms with Crippen LogP contribution in [0.4, 0.5) is 0 Å². The third-order valence-corrected chi connectivity index (χ3v) is 5.07. The average molecular weight is 389 g/mol. The number of rotatable bonds is 4. The molecule has 0 unspecified atom stereocenters. The van der Waals surface area contributed by atoms with E-state index in [0.29, 0.717) is 26.4 Å². The Kier molecular flexibility index (Phi) is 5.59. The van der Waals surface area contributed by atoms with Crippen LogP contribution in [0, 0.1) is 22.7 Å². The van der Waals surface area contributed by atoms with Crippen LogP contribution in [-0.2, 0) is 0 Å². The number of benzene rings is 2. The topological polar surface area (TPSA) is 88.0 Å². The molecule has 0 N–H and O–H groups in total. The van der Waals surface area contributed by atoms with E-state index in [1.165, 1.54) is 11.7 Å². The maximum atomic E-state index is 13.1. The average Bonchev–Trinajstić information content (AvgIpc) is 3.05.